The van der Waals surface area contributed by atoms with Gasteiger partial charge < -0.3 is 10.1 Å². The van der Waals surface area contributed by atoms with Gasteiger partial charge in [-0.05, 0) is 30.2 Å². The van der Waals surface area contributed by atoms with Gasteiger partial charge >= 0.3 is 0 Å². The van der Waals surface area contributed by atoms with Crippen molar-refractivity contribution in [3.05, 3.63) is 46.9 Å². The maximum atomic E-state index is 6.10. The summed E-state index contributed by atoms with van der Waals surface area (Å²) in [4.78, 5) is 8.60. The first-order chi connectivity index (χ1) is 10.1. The molecule has 0 fully saturated rings. The van der Waals surface area contributed by atoms with Gasteiger partial charge in [-0.3, -0.25) is 4.98 Å². The maximum absolute atomic E-state index is 6.10. The van der Waals surface area contributed by atoms with Crippen molar-refractivity contribution in [1.82, 2.24) is 15.3 Å². The van der Waals surface area contributed by atoms with Gasteiger partial charge in [0.05, 0.1) is 11.9 Å². The summed E-state index contributed by atoms with van der Waals surface area (Å²) in [5, 5.41) is 4.06. The predicted octanol–water partition coefficient (Wildman–Crippen LogP) is 3.98. The summed E-state index contributed by atoms with van der Waals surface area (Å²) in [6, 6.07) is 6.01. The van der Waals surface area contributed by atoms with E-state index in [1.165, 1.54) is 0 Å². The molecule has 0 radical (unpaired) electrons. The fourth-order valence-electron chi connectivity index (χ4n) is 1.84. The normalized spacial score (nSPS) is 10.9. The monoisotopic (exact) mass is 305 g/mol. The van der Waals surface area contributed by atoms with Crippen molar-refractivity contribution in [2.24, 2.45) is 0 Å². The fraction of sp³-hybridized carbons (Fsp3) is 0.375. The molecule has 0 saturated heterocycles. The first-order valence-corrected chi connectivity index (χ1v) is 7.47. The summed E-state index contributed by atoms with van der Waals surface area (Å²) in [6.45, 7) is 6.91. The maximum Gasteiger partial charge on any atom is 0.238 e. The molecule has 0 aliphatic carbocycles. The minimum absolute atomic E-state index is 0.403. The van der Waals surface area contributed by atoms with E-state index in [9.17, 15) is 0 Å². The third kappa shape index (κ3) is 4.69. The first-order valence-electron chi connectivity index (χ1n) is 7.09. The van der Waals surface area contributed by atoms with Gasteiger partial charge in [0.15, 0.2) is 0 Å². The molecule has 1 heterocycles. The smallest absolute Gasteiger partial charge is 0.238 e. The molecule has 1 aromatic heterocycles. The van der Waals surface area contributed by atoms with Crippen LogP contribution in [0.2, 0.25) is 5.02 Å². The number of nitrogens with one attached hydrogen (secondary N) is 1. The Morgan fingerprint density at radius 3 is 2.81 bits per heavy atom. The summed E-state index contributed by atoms with van der Waals surface area (Å²) in [5.74, 6) is 1.21. The van der Waals surface area contributed by atoms with E-state index in [4.69, 9.17) is 16.3 Å². The Kier molecular flexibility index (Phi) is 5.53. The van der Waals surface area contributed by atoms with Gasteiger partial charge in [0.2, 0.25) is 5.88 Å². The van der Waals surface area contributed by atoms with Gasteiger partial charge in [0.1, 0.15) is 5.75 Å². The Labute approximate surface area is 130 Å². The van der Waals surface area contributed by atoms with Crippen molar-refractivity contribution in [2.75, 3.05) is 0 Å². The molecule has 1 N–H and O–H groups in total. The second-order valence-electron chi connectivity index (χ2n) is 5.09. The standard InChI is InChI=1S/C16H20ClN3O/c1-4-12-7-14(5-6-15(12)17)21-16-10-18-8-13(20-16)9-19-11(2)3/h5-8,10-11,19H,4,9H2,1-3H3. The molecule has 0 bridgehead atoms. The number of benzene rings is 1. The van der Waals surface area contributed by atoms with Gasteiger partial charge in [-0.2, -0.15) is 0 Å². The summed E-state index contributed by atoms with van der Waals surface area (Å²) in [6.07, 6.45) is 4.21. The van der Waals surface area contributed by atoms with Crippen LogP contribution >= 0.6 is 11.6 Å². The molecular formula is C16H20ClN3O. The van der Waals surface area contributed by atoms with E-state index in [0.717, 1.165) is 28.5 Å². The van der Waals surface area contributed by atoms with Crippen LogP contribution in [0.3, 0.4) is 0 Å². The molecule has 4 nitrogen and oxygen atoms in total. The Balaban J connectivity index is 2.10. The van der Waals surface area contributed by atoms with Crippen molar-refractivity contribution < 1.29 is 4.74 Å². The zero-order valence-electron chi connectivity index (χ0n) is 12.6. The summed E-state index contributed by atoms with van der Waals surface area (Å²) in [5.41, 5.74) is 1.91. The predicted molar refractivity (Wildman–Crippen MR) is 84.9 cm³/mol. The molecule has 0 spiro atoms. The fourth-order valence-corrected chi connectivity index (χ4v) is 2.09. The number of rotatable bonds is 6. The quantitative estimate of drug-likeness (QED) is 0.877. The van der Waals surface area contributed by atoms with Crippen molar-refractivity contribution in [3.8, 4) is 11.6 Å². The molecule has 0 amide bonds. The molecule has 2 aromatic rings. The molecule has 0 saturated carbocycles. The lowest BCUT2D eigenvalue weighted by Gasteiger charge is -2.10. The summed E-state index contributed by atoms with van der Waals surface area (Å²) >= 11 is 6.10. The second-order valence-corrected chi connectivity index (χ2v) is 5.50. The molecule has 2 rings (SSSR count). The highest BCUT2D eigenvalue weighted by Gasteiger charge is 2.05. The molecule has 0 unspecified atom stereocenters. The van der Waals surface area contributed by atoms with E-state index in [0.29, 0.717) is 18.5 Å². The number of hydrogen-bond donors (Lipinski definition) is 1. The van der Waals surface area contributed by atoms with Crippen LogP contribution in [0.25, 0.3) is 0 Å². The number of ether oxygens (including phenoxy) is 1. The lowest BCUT2D eigenvalue weighted by atomic mass is 10.1. The minimum atomic E-state index is 0.403. The number of hydrogen-bond acceptors (Lipinski definition) is 4. The van der Waals surface area contributed by atoms with E-state index >= 15 is 0 Å². The van der Waals surface area contributed by atoms with E-state index < -0.39 is 0 Å². The summed E-state index contributed by atoms with van der Waals surface area (Å²) < 4.78 is 5.76. The molecular weight excluding hydrogens is 286 g/mol. The topological polar surface area (TPSA) is 47.0 Å². The number of aryl methyl sites for hydroxylation is 1. The highest BCUT2D eigenvalue weighted by molar-refractivity contribution is 6.31. The molecule has 21 heavy (non-hydrogen) atoms. The van der Waals surface area contributed by atoms with Crippen LogP contribution in [0.15, 0.2) is 30.6 Å². The minimum Gasteiger partial charge on any atom is -0.437 e. The van der Waals surface area contributed by atoms with Crippen LogP contribution in [0.4, 0.5) is 0 Å². The van der Waals surface area contributed by atoms with Gasteiger partial charge in [0.25, 0.3) is 0 Å². The van der Waals surface area contributed by atoms with E-state index in [1.807, 2.05) is 18.2 Å². The average molecular weight is 306 g/mol. The van der Waals surface area contributed by atoms with Crippen LogP contribution in [-0.4, -0.2) is 16.0 Å². The van der Waals surface area contributed by atoms with Crippen LogP contribution in [0.5, 0.6) is 11.6 Å². The highest BCUT2D eigenvalue weighted by atomic mass is 35.5. The van der Waals surface area contributed by atoms with Crippen molar-refractivity contribution in [3.63, 3.8) is 0 Å². The lowest BCUT2D eigenvalue weighted by Crippen LogP contribution is -2.22. The van der Waals surface area contributed by atoms with Gasteiger partial charge in [0, 0.05) is 23.8 Å². The molecule has 0 aliphatic heterocycles. The number of halogens is 1. The molecule has 0 aliphatic rings. The van der Waals surface area contributed by atoms with Crippen molar-refractivity contribution >= 4 is 11.6 Å². The molecule has 112 valence electrons. The van der Waals surface area contributed by atoms with Gasteiger partial charge in [-0.15, -0.1) is 0 Å². The number of nitrogens with zero attached hydrogens (tertiary/aromatic N) is 2. The molecule has 1 aromatic carbocycles. The SMILES string of the molecule is CCc1cc(Oc2cncc(CNC(C)C)n2)ccc1Cl. The Hall–Kier alpha value is -1.65. The number of aromatic nitrogens is 2. The third-order valence-corrected chi connectivity index (χ3v) is 3.34. The molecule has 0 atom stereocenters. The largest absolute Gasteiger partial charge is 0.437 e. The van der Waals surface area contributed by atoms with Gasteiger partial charge in [-0.25, -0.2) is 4.98 Å². The van der Waals surface area contributed by atoms with E-state index in [-0.39, 0.29) is 0 Å². The van der Waals surface area contributed by atoms with Crippen LogP contribution in [0.1, 0.15) is 32.0 Å². The molecule has 5 heteroatoms. The lowest BCUT2D eigenvalue weighted by molar-refractivity contribution is 0.454. The van der Waals surface area contributed by atoms with E-state index in [2.05, 4.69) is 36.1 Å². The zero-order chi connectivity index (χ0) is 15.2. The van der Waals surface area contributed by atoms with E-state index in [1.54, 1.807) is 12.4 Å². The Bertz CT molecular complexity index is 602. The van der Waals surface area contributed by atoms with Crippen molar-refractivity contribution in [1.29, 1.82) is 0 Å². The van der Waals surface area contributed by atoms with Crippen molar-refractivity contribution in [2.45, 2.75) is 39.8 Å². The first kappa shape index (κ1) is 15.7. The van der Waals surface area contributed by atoms with Crippen LogP contribution in [0, 0.1) is 0 Å². The third-order valence-electron chi connectivity index (χ3n) is 2.97. The Morgan fingerprint density at radius 2 is 2.10 bits per heavy atom. The van der Waals surface area contributed by atoms with Gasteiger partial charge in [-0.1, -0.05) is 32.4 Å². The second kappa shape index (κ2) is 7.38. The average Bonchev–Trinajstić information content (AvgIpc) is 2.47. The Morgan fingerprint density at radius 1 is 1.29 bits per heavy atom. The highest BCUT2D eigenvalue weighted by Crippen LogP contribution is 2.25. The summed E-state index contributed by atoms with van der Waals surface area (Å²) in [7, 11) is 0. The van der Waals surface area contributed by atoms with Crippen LogP contribution < -0.4 is 10.1 Å². The zero-order valence-corrected chi connectivity index (χ0v) is 13.3. The van der Waals surface area contributed by atoms with Crippen LogP contribution in [-0.2, 0) is 13.0 Å².